The molecule has 0 spiro atoms. The van der Waals surface area contributed by atoms with Crippen molar-refractivity contribution in [3.8, 4) is 0 Å². The summed E-state index contributed by atoms with van der Waals surface area (Å²) in [5.74, 6) is 0. The molecule has 130 valence electrons. The molecule has 0 radical (unpaired) electrons. The molecule has 3 aromatic rings. The van der Waals surface area contributed by atoms with Gasteiger partial charge in [-0.2, -0.15) is 0 Å². The molecule has 0 bridgehead atoms. The first-order valence-corrected chi connectivity index (χ1v) is 8.58. The van der Waals surface area contributed by atoms with E-state index in [0.717, 1.165) is 11.1 Å². The summed E-state index contributed by atoms with van der Waals surface area (Å²) >= 11 is 6.29. The number of nitrogens with zero attached hydrogens (tertiary/aromatic N) is 2. The highest BCUT2D eigenvalue weighted by Crippen LogP contribution is 2.27. The Labute approximate surface area is 156 Å². The highest BCUT2D eigenvalue weighted by Gasteiger charge is 2.21. The molecule has 0 aliphatic heterocycles. The topological polar surface area (TPSA) is 55.5 Å². The minimum Gasteiger partial charge on any atom is -0.269 e. The summed E-state index contributed by atoms with van der Waals surface area (Å²) < 4.78 is 0. The number of rotatable bonds is 6. The van der Waals surface area contributed by atoms with E-state index in [1.54, 1.807) is 18.2 Å². The first-order chi connectivity index (χ1) is 12.6. The molecular formula is C21H17ClN2O2. The van der Waals surface area contributed by atoms with Crippen LogP contribution >= 0.6 is 11.6 Å². The van der Waals surface area contributed by atoms with Crippen molar-refractivity contribution in [3.63, 3.8) is 0 Å². The molecule has 1 atom stereocenters. The van der Waals surface area contributed by atoms with Crippen LogP contribution in [0.1, 0.15) is 22.7 Å². The molecule has 0 saturated heterocycles. The molecule has 5 heteroatoms. The molecule has 3 aromatic carbocycles. The van der Waals surface area contributed by atoms with Crippen LogP contribution < -0.4 is 0 Å². The largest absolute Gasteiger partial charge is 0.269 e. The molecule has 0 unspecified atom stereocenters. The maximum absolute atomic E-state index is 11.2. The molecule has 26 heavy (non-hydrogen) atoms. The quantitative estimate of drug-likeness (QED) is 0.343. The Kier molecular flexibility index (Phi) is 5.77. The zero-order chi connectivity index (χ0) is 18.4. The van der Waals surface area contributed by atoms with E-state index < -0.39 is 6.04 Å². The molecule has 0 saturated carbocycles. The van der Waals surface area contributed by atoms with Crippen LogP contribution in [0.25, 0.3) is 0 Å². The summed E-state index contributed by atoms with van der Waals surface area (Å²) in [6.07, 6.45) is 0. The average Bonchev–Trinajstić information content (AvgIpc) is 2.67. The summed E-state index contributed by atoms with van der Waals surface area (Å²) in [4.78, 5) is 15.7. The third-order valence-electron chi connectivity index (χ3n) is 3.97. The van der Waals surface area contributed by atoms with Crippen LogP contribution in [0.5, 0.6) is 0 Å². The SMILES string of the molecule is O=[N+]([O-])C[C@@H](N=C(c1ccccc1)c1ccccc1)c1ccccc1Cl. The van der Waals surface area contributed by atoms with E-state index in [0.29, 0.717) is 16.3 Å². The van der Waals surface area contributed by atoms with Gasteiger partial charge in [-0.3, -0.25) is 15.1 Å². The fourth-order valence-corrected chi connectivity index (χ4v) is 3.02. The van der Waals surface area contributed by atoms with E-state index in [4.69, 9.17) is 16.6 Å². The zero-order valence-electron chi connectivity index (χ0n) is 14.0. The van der Waals surface area contributed by atoms with Gasteiger partial charge in [-0.05, 0) is 6.07 Å². The lowest BCUT2D eigenvalue weighted by molar-refractivity contribution is -0.483. The van der Waals surface area contributed by atoms with Crippen molar-refractivity contribution in [2.24, 2.45) is 4.99 Å². The number of hydrogen-bond acceptors (Lipinski definition) is 3. The first-order valence-electron chi connectivity index (χ1n) is 8.20. The van der Waals surface area contributed by atoms with Gasteiger partial charge in [0.2, 0.25) is 6.54 Å². The van der Waals surface area contributed by atoms with Crippen LogP contribution in [0, 0.1) is 10.1 Å². The highest BCUT2D eigenvalue weighted by atomic mass is 35.5. The Morgan fingerprint density at radius 3 is 1.88 bits per heavy atom. The van der Waals surface area contributed by atoms with Gasteiger partial charge in [0.15, 0.2) is 0 Å². The molecular weight excluding hydrogens is 348 g/mol. The Hall–Kier alpha value is -2.98. The number of aliphatic imine (C=N–C) groups is 1. The number of benzene rings is 3. The maximum atomic E-state index is 11.2. The second-order valence-electron chi connectivity index (χ2n) is 5.76. The van der Waals surface area contributed by atoms with Gasteiger partial charge in [-0.15, -0.1) is 0 Å². The summed E-state index contributed by atoms with van der Waals surface area (Å²) in [7, 11) is 0. The third-order valence-corrected chi connectivity index (χ3v) is 4.31. The van der Waals surface area contributed by atoms with E-state index in [1.807, 2.05) is 66.7 Å². The molecule has 0 heterocycles. The van der Waals surface area contributed by atoms with Crippen molar-refractivity contribution in [3.05, 3.63) is 117 Å². The molecule has 0 aromatic heterocycles. The molecule has 3 rings (SSSR count). The summed E-state index contributed by atoms with van der Waals surface area (Å²) in [5.41, 5.74) is 3.16. The van der Waals surface area contributed by atoms with Crippen LogP contribution in [0.2, 0.25) is 5.02 Å². The summed E-state index contributed by atoms with van der Waals surface area (Å²) in [6, 6.07) is 25.8. The van der Waals surface area contributed by atoms with Gasteiger partial charge in [-0.1, -0.05) is 90.5 Å². The fraction of sp³-hybridized carbons (Fsp3) is 0.0952. The Morgan fingerprint density at radius 1 is 0.885 bits per heavy atom. The lowest BCUT2D eigenvalue weighted by Crippen LogP contribution is -2.15. The van der Waals surface area contributed by atoms with Crippen LogP contribution in [-0.2, 0) is 0 Å². The van der Waals surface area contributed by atoms with Crippen molar-refractivity contribution in [1.82, 2.24) is 0 Å². The van der Waals surface area contributed by atoms with Gasteiger partial charge in [0.05, 0.1) is 5.71 Å². The minimum absolute atomic E-state index is 0.326. The van der Waals surface area contributed by atoms with E-state index >= 15 is 0 Å². The van der Waals surface area contributed by atoms with Crippen molar-refractivity contribution in [1.29, 1.82) is 0 Å². The van der Waals surface area contributed by atoms with Gasteiger partial charge in [0.1, 0.15) is 6.04 Å². The Morgan fingerprint density at radius 2 is 1.38 bits per heavy atom. The second kappa shape index (κ2) is 8.41. The molecule has 0 amide bonds. The van der Waals surface area contributed by atoms with Gasteiger partial charge >= 0.3 is 0 Å². The van der Waals surface area contributed by atoms with Gasteiger partial charge < -0.3 is 0 Å². The third kappa shape index (κ3) is 4.35. The minimum atomic E-state index is -0.672. The van der Waals surface area contributed by atoms with E-state index in [-0.39, 0.29) is 11.5 Å². The van der Waals surface area contributed by atoms with Gasteiger partial charge in [-0.25, -0.2) is 0 Å². The fourth-order valence-electron chi connectivity index (χ4n) is 2.76. The molecule has 0 aliphatic carbocycles. The first kappa shape index (κ1) is 17.8. The van der Waals surface area contributed by atoms with Crippen molar-refractivity contribution >= 4 is 17.3 Å². The number of nitro groups is 1. The van der Waals surface area contributed by atoms with E-state index in [1.165, 1.54) is 0 Å². The van der Waals surface area contributed by atoms with Crippen molar-refractivity contribution in [2.45, 2.75) is 6.04 Å². The van der Waals surface area contributed by atoms with Crippen molar-refractivity contribution in [2.75, 3.05) is 6.54 Å². The van der Waals surface area contributed by atoms with Crippen LogP contribution in [0.3, 0.4) is 0 Å². The predicted octanol–water partition coefficient (Wildman–Crippen LogP) is 5.20. The predicted molar refractivity (Wildman–Crippen MR) is 105 cm³/mol. The van der Waals surface area contributed by atoms with Crippen LogP contribution in [-0.4, -0.2) is 17.2 Å². The van der Waals surface area contributed by atoms with Gasteiger partial charge in [0, 0.05) is 26.6 Å². The zero-order valence-corrected chi connectivity index (χ0v) is 14.7. The van der Waals surface area contributed by atoms with E-state index in [9.17, 15) is 10.1 Å². The molecule has 4 nitrogen and oxygen atoms in total. The smallest absolute Gasteiger partial charge is 0.230 e. The summed E-state index contributed by atoms with van der Waals surface area (Å²) in [6.45, 7) is -0.326. The number of halogens is 1. The lowest BCUT2D eigenvalue weighted by atomic mass is 10.0. The molecule has 0 fully saturated rings. The number of hydrogen-bond donors (Lipinski definition) is 0. The molecule has 0 aliphatic rings. The standard InChI is InChI=1S/C21H17ClN2O2/c22-19-14-8-7-13-18(19)20(15-24(25)26)23-21(16-9-3-1-4-10-16)17-11-5-2-6-12-17/h1-14,20H,15H2/t20-/m1/s1. The maximum Gasteiger partial charge on any atom is 0.230 e. The normalized spacial score (nSPS) is 11.6. The van der Waals surface area contributed by atoms with Crippen molar-refractivity contribution < 1.29 is 4.92 Å². The van der Waals surface area contributed by atoms with Crippen LogP contribution in [0.4, 0.5) is 0 Å². The monoisotopic (exact) mass is 364 g/mol. The average molecular weight is 365 g/mol. The van der Waals surface area contributed by atoms with Crippen LogP contribution in [0.15, 0.2) is 89.9 Å². The van der Waals surface area contributed by atoms with Gasteiger partial charge in [0.25, 0.3) is 0 Å². The molecule has 0 N–H and O–H groups in total. The summed E-state index contributed by atoms with van der Waals surface area (Å²) in [5, 5.41) is 11.7. The van der Waals surface area contributed by atoms with E-state index in [2.05, 4.69) is 0 Å². The Balaban J connectivity index is 2.14. The Bertz CT molecular complexity index is 870. The highest BCUT2D eigenvalue weighted by molar-refractivity contribution is 6.31. The lowest BCUT2D eigenvalue weighted by Gasteiger charge is -2.14. The second-order valence-corrected chi connectivity index (χ2v) is 6.17.